The number of methoxy groups -OCH3 is 1. The normalized spacial score (nSPS) is 11.0. The molecule has 1 aromatic rings. The molecule has 2 N–H and O–H groups in total. The first-order valence-corrected chi connectivity index (χ1v) is 7.95. The molecule has 0 unspecified atom stereocenters. The summed E-state index contributed by atoms with van der Waals surface area (Å²) < 4.78 is 9.59. The number of esters is 1. The fourth-order valence-electron chi connectivity index (χ4n) is 1.83. The van der Waals surface area contributed by atoms with Crippen LogP contribution in [-0.2, 0) is 30.4 Å². The van der Waals surface area contributed by atoms with E-state index in [0.29, 0.717) is 6.54 Å². The quantitative estimate of drug-likeness (QED) is 0.524. The highest BCUT2D eigenvalue weighted by Gasteiger charge is 2.18. The largest absolute Gasteiger partial charge is 0.468 e. The van der Waals surface area contributed by atoms with Crippen molar-refractivity contribution in [3.63, 3.8) is 0 Å². The van der Waals surface area contributed by atoms with Gasteiger partial charge in [-0.25, -0.2) is 9.80 Å². The lowest BCUT2D eigenvalue weighted by molar-refractivity contribution is -0.145. The van der Waals surface area contributed by atoms with Gasteiger partial charge in [0.2, 0.25) is 0 Å². The number of ether oxygens (including phenoxy) is 2. The Morgan fingerprint density at radius 3 is 2.35 bits per heavy atom. The van der Waals surface area contributed by atoms with Gasteiger partial charge in [-0.05, 0) is 26.3 Å². The second kappa shape index (κ2) is 10.4. The van der Waals surface area contributed by atoms with Crippen LogP contribution in [0.5, 0.6) is 0 Å². The first-order valence-electron chi connectivity index (χ1n) is 7.95. The van der Waals surface area contributed by atoms with Crippen LogP contribution in [0.2, 0.25) is 0 Å². The van der Waals surface area contributed by atoms with E-state index in [9.17, 15) is 14.4 Å². The van der Waals surface area contributed by atoms with E-state index in [1.165, 1.54) is 12.1 Å². The van der Waals surface area contributed by atoms with Gasteiger partial charge in [-0.2, -0.15) is 5.48 Å². The summed E-state index contributed by atoms with van der Waals surface area (Å²) in [6.07, 6.45) is -0.805. The van der Waals surface area contributed by atoms with Gasteiger partial charge in [0.25, 0.3) is 5.91 Å². The minimum Gasteiger partial charge on any atom is -0.468 e. The zero-order chi connectivity index (χ0) is 19.6. The second-order valence-electron chi connectivity index (χ2n) is 6.35. The summed E-state index contributed by atoms with van der Waals surface area (Å²) in [4.78, 5) is 39.7. The summed E-state index contributed by atoms with van der Waals surface area (Å²) in [7, 11) is 1.26. The molecule has 0 saturated heterocycles. The maximum Gasteiger partial charge on any atom is 0.431 e. The van der Waals surface area contributed by atoms with Crippen LogP contribution in [0.1, 0.15) is 26.3 Å². The minimum absolute atomic E-state index is 0.142. The molecule has 26 heavy (non-hydrogen) atoms. The summed E-state index contributed by atoms with van der Waals surface area (Å²) in [6, 6.07) is 9.28. The van der Waals surface area contributed by atoms with Gasteiger partial charge < -0.3 is 9.47 Å². The number of amides is 2. The number of hydrazine groups is 1. The molecule has 0 aliphatic carbocycles. The molecule has 0 spiro atoms. The third-order valence-electron chi connectivity index (χ3n) is 2.80. The van der Waals surface area contributed by atoms with Crippen molar-refractivity contribution in [2.75, 3.05) is 20.3 Å². The van der Waals surface area contributed by atoms with Crippen LogP contribution in [0.25, 0.3) is 0 Å². The fourth-order valence-corrected chi connectivity index (χ4v) is 1.83. The highest BCUT2D eigenvalue weighted by Crippen LogP contribution is 2.06. The maximum atomic E-state index is 12.0. The molecule has 0 saturated carbocycles. The van der Waals surface area contributed by atoms with Gasteiger partial charge in [0.15, 0.2) is 6.61 Å². The molecule has 1 aromatic carbocycles. The van der Waals surface area contributed by atoms with Gasteiger partial charge >= 0.3 is 12.1 Å². The summed E-state index contributed by atoms with van der Waals surface area (Å²) in [6.45, 7) is 4.80. The SMILES string of the molecule is COC(=O)CN(Cc1ccccc1)NC(=O)CONC(=O)OC(C)(C)C. The van der Waals surface area contributed by atoms with Crippen LogP contribution in [0.4, 0.5) is 4.79 Å². The summed E-state index contributed by atoms with van der Waals surface area (Å²) in [5, 5.41) is 1.39. The highest BCUT2D eigenvalue weighted by molar-refractivity contribution is 5.78. The Hall–Kier alpha value is -2.65. The van der Waals surface area contributed by atoms with Crippen molar-refractivity contribution in [3.8, 4) is 0 Å². The predicted molar refractivity (Wildman–Crippen MR) is 92.3 cm³/mol. The van der Waals surface area contributed by atoms with Crippen molar-refractivity contribution in [2.45, 2.75) is 32.9 Å². The fraction of sp³-hybridized carbons (Fsp3) is 0.471. The van der Waals surface area contributed by atoms with Crippen molar-refractivity contribution in [3.05, 3.63) is 35.9 Å². The highest BCUT2D eigenvalue weighted by atomic mass is 16.7. The first-order chi connectivity index (χ1) is 12.2. The predicted octanol–water partition coefficient (Wildman–Crippen LogP) is 1.15. The van der Waals surface area contributed by atoms with E-state index in [1.54, 1.807) is 20.8 Å². The van der Waals surface area contributed by atoms with E-state index in [-0.39, 0.29) is 6.54 Å². The molecule has 9 heteroatoms. The monoisotopic (exact) mass is 367 g/mol. The Morgan fingerprint density at radius 2 is 1.77 bits per heavy atom. The molecule has 0 fully saturated rings. The lowest BCUT2D eigenvalue weighted by Gasteiger charge is -2.22. The van der Waals surface area contributed by atoms with Gasteiger partial charge in [-0.3, -0.25) is 19.9 Å². The van der Waals surface area contributed by atoms with E-state index in [4.69, 9.17) is 9.57 Å². The third kappa shape index (κ3) is 9.60. The van der Waals surface area contributed by atoms with Crippen LogP contribution < -0.4 is 10.9 Å². The van der Waals surface area contributed by atoms with Crippen molar-refractivity contribution >= 4 is 18.0 Å². The van der Waals surface area contributed by atoms with Crippen LogP contribution in [0, 0.1) is 0 Å². The van der Waals surface area contributed by atoms with E-state index in [2.05, 4.69) is 10.2 Å². The van der Waals surface area contributed by atoms with E-state index < -0.39 is 30.2 Å². The molecular formula is C17H25N3O6. The van der Waals surface area contributed by atoms with Crippen molar-refractivity contribution in [1.82, 2.24) is 15.9 Å². The van der Waals surface area contributed by atoms with Crippen LogP contribution in [-0.4, -0.2) is 48.8 Å². The van der Waals surface area contributed by atoms with Gasteiger partial charge in [0.1, 0.15) is 12.1 Å². The van der Waals surface area contributed by atoms with Crippen LogP contribution >= 0.6 is 0 Å². The average molecular weight is 367 g/mol. The molecule has 2 amide bonds. The third-order valence-corrected chi connectivity index (χ3v) is 2.80. The minimum atomic E-state index is -0.805. The van der Waals surface area contributed by atoms with Gasteiger partial charge in [0, 0.05) is 6.54 Å². The molecular weight excluding hydrogens is 342 g/mol. The van der Waals surface area contributed by atoms with Gasteiger partial charge in [-0.1, -0.05) is 30.3 Å². The molecule has 0 aromatic heterocycles. The number of nitrogens with zero attached hydrogens (tertiary/aromatic N) is 1. The Balaban J connectivity index is 2.48. The zero-order valence-electron chi connectivity index (χ0n) is 15.4. The van der Waals surface area contributed by atoms with Gasteiger partial charge in [-0.15, -0.1) is 0 Å². The molecule has 0 bridgehead atoms. The lowest BCUT2D eigenvalue weighted by Crippen LogP contribution is -2.47. The molecule has 0 radical (unpaired) electrons. The summed E-state index contributed by atoms with van der Waals surface area (Å²) >= 11 is 0. The zero-order valence-corrected chi connectivity index (χ0v) is 15.4. The number of carbonyl (C=O) groups excluding carboxylic acids is 3. The number of benzene rings is 1. The smallest absolute Gasteiger partial charge is 0.431 e. The molecule has 0 atom stereocenters. The van der Waals surface area contributed by atoms with E-state index in [0.717, 1.165) is 5.56 Å². The average Bonchev–Trinajstić information content (AvgIpc) is 2.53. The van der Waals surface area contributed by atoms with Crippen LogP contribution in [0.3, 0.4) is 0 Å². The molecule has 1 rings (SSSR count). The number of carbonyl (C=O) groups is 3. The Labute approximate surface area is 152 Å². The second-order valence-corrected chi connectivity index (χ2v) is 6.35. The summed E-state index contributed by atoms with van der Waals surface area (Å²) in [5.74, 6) is -1.06. The number of nitrogens with one attached hydrogen (secondary N) is 2. The maximum absolute atomic E-state index is 12.0. The summed E-state index contributed by atoms with van der Waals surface area (Å²) in [5.41, 5.74) is 4.76. The number of hydrogen-bond donors (Lipinski definition) is 2. The number of rotatable bonds is 8. The van der Waals surface area contributed by atoms with Crippen molar-refractivity contribution in [2.24, 2.45) is 0 Å². The standard InChI is InChI=1S/C17H25N3O6/c1-17(2,3)26-16(23)19-25-12-14(21)18-20(11-15(22)24-4)10-13-8-6-5-7-9-13/h5-9H,10-12H2,1-4H3,(H,18,21)(H,19,23). The number of hydrogen-bond acceptors (Lipinski definition) is 7. The molecule has 0 heterocycles. The Morgan fingerprint density at radius 1 is 1.12 bits per heavy atom. The molecule has 144 valence electrons. The Kier molecular flexibility index (Phi) is 8.53. The van der Waals surface area contributed by atoms with Gasteiger partial charge in [0.05, 0.1) is 7.11 Å². The van der Waals surface area contributed by atoms with E-state index >= 15 is 0 Å². The number of hydroxylamine groups is 1. The molecule has 9 nitrogen and oxygen atoms in total. The molecule has 0 aliphatic rings. The Bertz CT molecular complexity index is 600. The van der Waals surface area contributed by atoms with Crippen LogP contribution in [0.15, 0.2) is 30.3 Å². The molecule has 0 aliphatic heterocycles. The van der Waals surface area contributed by atoms with Crippen molar-refractivity contribution in [1.29, 1.82) is 0 Å². The topological polar surface area (TPSA) is 106 Å². The van der Waals surface area contributed by atoms with E-state index in [1.807, 2.05) is 35.8 Å². The van der Waals surface area contributed by atoms with Crippen molar-refractivity contribution < 1.29 is 28.7 Å². The lowest BCUT2D eigenvalue weighted by atomic mass is 10.2. The first kappa shape index (κ1) is 21.4.